The molecule has 1 N–H and O–H groups in total. The van der Waals surface area contributed by atoms with Crippen LogP contribution in [0.25, 0.3) is 11.0 Å². The van der Waals surface area contributed by atoms with Crippen LogP contribution in [0.1, 0.15) is 23.0 Å². The van der Waals surface area contributed by atoms with Gasteiger partial charge < -0.3 is 14.3 Å². The smallest absolute Gasteiger partial charge is 0.138 e. The highest BCUT2D eigenvalue weighted by Gasteiger charge is 2.16. The highest BCUT2D eigenvalue weighted by atomic mass is 35.5. The molecule has 21 heavy (non-hydrogen) atoms. The number of rotatable bonds is 4. The predicted octanol–water partition coefficient (Wildman–Crippen LogP) is 4.31. The Hall–Kier alpha value is -1.81. The Kier molecular flexibility index (Phi) is 3.97. The van der Waals surface area contributed by atoms with E-state index in [0.717, 1.165) is 16.5 Å². The highest BCUT2D eigenvalue weighted by molar-refractivity contribution is 6.31. The normalized spacial score (nSPS) is 12.7. The lowest BCUT2D eigenvalue weighted by Crippen LogP contribution is -1.99. The molecule has 0 bridgehead atoms. The third-order valence-corrected chi connectivity index (χ3v) is 3.58. The fourth-order valence-electron chi connectivity index (χ4n) is 2.35. The van der Waals surface area contributed by atoms with Crippen LogP contribution in [0.15, 0.2) is 52.9 Å². The molecule has 1 atom stereocenters. The fourth-order valence-corrected chi connectivity index (χ4v) is 2.53. The first kappa shape index (κ1) is 14.1. The lowest BCUT2D eigenvalue weighted by atomic mass is 10.0. The molecular formula is C17H15ClO3. The molecule has 3 rings (SSSR count). The topological polar surface area (TPSA) is 42.6 Å². The van der Waals surface area contributed by atoms with Gasteiger partial charge in [-0.05, 0) is 35.4 Å². The Bertz CT molecular complexity index is 764. The van der Waals surface area contributed by atoms with E-state index in [1.165, 1.54) is 0 Å². The third-order valence-electron chi connectivity index (χ3n) is 3.34. The van der Waals surface area contributed by atoms with Crippen molar-refractivity contribution in [3.63, 3.8) is 0 Å². The van der Waals surface area contributed by atoms with E-state index in [4.69, 9.17) is 20.8 Å². The Morgan fingerprint density at radius 3 is 2.86 bits per heavy atom. The van der Waals surface area contributed by atoms with Crippen molar-refractivity contribution < 1.29 is 14.3 Å². The zero-order chi connectivity index (χ0) is 14.8. The Morgan fingerprint density at radius 1 is 1.19 bits per heavy atom. The van der Waals surface area contributed by atoms with Gasteiger partial charge in [0.2, 0.25) is 0 Å². The zero-order valence-corrected chi connectivity index (χ0v) is 12.3. The van der Waals surface area contributed by atoms with Gasteiger partial charge in [0, 0.05) is 17.5 Å². The molecule has 0 aliphatic carbocycles. The van der Waals surface area contributed by atoms with E-state index in [0.29, 0.717) is 23.0 Å². The van der Waals surface area contributed by atoms with Gasteiger partial charge in [0.25, 0.3) is 0 Å². The zero-order valence-electron chi connectivity index (χ0n) is 11.5. The summed E-state index contributed by atoms with van der Waals surface area (Å²) >= 11 is 5.96. The average molecular weight is 303 g/mol. The number of halogens is 1. The maximum Gasteiger partial charge on any atom is 0.138 e. The lowest BCUT2D eigenvalue weighted by Gasteiger charge is -2.09. The van der Waals surface area contributed by atoms with Crippen molar-refractivity contribution in [2.45, 2.75) is 12.7 Å². The number of fused-ring (bicyclic) bond motifs is 1. The largest absolute Gasteiger partial charge is 0.458 e. The van der Waals surface area contributed by atoms with Gasteiger partial charge >= 0.3 is 0 Å². The van der Waals surface area contributed by atoms with Crippen LogP contribution in [-0.2, 0) is 11.3 Å². The molecule has 1 heterocycles. The van der Waals surface area contributed by atoms with Crippen LogP contribution in [0.3, 0.4) is 0 Å². The molecule has 0 saturated heterocycles. The van der Waals surface area contributed by atoms with Crippen molar-refractivity contribution in [1.29, 1.82) is 0 Å². The van der Waals surface area contributed by atoms with Gasteiger partial charge in [0.1, 0.15) is 17.4 Å². The molecule has 0 fully saturated rings. The first-order chi connectivity index (χ1) is 10.2. The quantitative estimate of drug-likeness (QED) is 0.780. The van der Waals surface area contributed by atoms with Gasteiger partial charge in [0.15, 0.2) is 0 Å². The summed E-state index contributed by atoms with van der Waals surface area (Å²) in [6, 6.07) is 14.8. The van der Waals surface area contributed by atoms with E-state index < -0.39 is 6.10 Å². The van der Waals surface area contributed by atoms with Gasteiger partial charge in [-0.1, -0.05) is 35.9 Å². The Labute approximate surface area is 127 Å². The number of benzene rings is 2. The monoisotopic (exact) mass is 302 g/mol. The standard InChI is InChI=1S/C17H15ClO3/c1-20-10-11-3-2-4-12(7-11)17(19)16-9-13-8-14(18)5-6-15(13)21-16/h2-9,17,19H,10H2,1H3. The minimum atomic E-state index is -0.812. The average Bonchev–Trinajstić information content (AvgIpc) is 2.90. The maximum absolute atomic E-state index is 10.5. The van der Waals surface area contributed by atoms with E-state index >= 15 is 0 Å². The molecule has 0 aliphatic rings. The molecule has 0 aliphatic heterocycles. The van der Waals surface area contributed by atoms with Crippen molar-refractivity contribution in [3.8, 4) is 0 Å². The molecule has 1 unspecified atom stereocenters. The molecule has 3 nitrogen and oxygen atoms in total. The van der Waals surface area contributed by atoms with Crippen LogP contribution < -0.4 is 0 Å². The number of ether oxygens (including phenoxy) is 1. The van der Waals surface area contributed by atoms with Gasteiger partial charge in [0.05, 0.1) is 6.61 Å². The summed E-state index contributed by atoms with van der Waals surface area (Å²) in [6.45, 7) is 0.510. The first-order valence-electron chi connectivity index (χ1n) is 6.62. The summed E-state index contributed by atoms with van der Waals surface area (Å²) < 4.78 is 10.8. The van der Waals surface area contributed by atoms with Crippen LogP contribution in [0.5, 0.6) is 0 Å². The number of hydrogen-bond acceptors (Lipinski definition) is 3. The van der Waals surface area contributed by atoms with E-state index in [1.807, 2.05) is 36.4 Å². The van der Waals surface area contributed by atoms with Crippen LogP contribution >= 0.6 is 11.6 Å². The molecule has 2 aromatic carbocycles. The van der Waals surface area contributed by atoms with Crippen molar-refractivity contribution in [2.24, 2.45) is 0 Å². The van der Waals surface area contributed by atoms with E-state index in [1.54, 1.807) is 19.2 Å². The molecule has 0 spiro atoms. The van der Waals surface area contributed by atoms with Crippen LogP contribution in [0.4, 0.5) is 0 Å². The summed E-state index contributed by atoms with van der Waals surface area (Å²) in [5.41, 5.74) is 2.49. The van der Waals surface area contributed by atoms with Gasteiger partial charge in [-0.2, -0.15) is 0 Å². The number of methoxy groups -OCH3 is 1. The van der Waals surface area contributed by atoms with Crippen molar-refractivity contribution >= 4 is 22.6 Å². The van der Waals surface area contributed by atoms with E-state index in [2.05, 4.69) is 0 Å². The van der Waals surface area contributed by atoms with E-state index in [-0.39, 0.29) is 0 Å². The van der Waals surface area contributed by atoms with Gasteiger partial charge in [-0.15, -0.1) is 0 Å². The summed E-state index contributed by atoms with van der Waals surface area (Å²) in [5, 5.41) is 12.0. The summed E-state index contributed by atoms with van der Waals surface area (Å²) in [7, 11) is 1.64. The number of furan rings is 1. The summed E-state index contributed by atoms with van der Waals surface area (Å²) in [5.74, 6) is 0.502. The number of aliphatic hydroxyl groups is 1. The minimum absolute atomic E-state index is 0.502. The van der Waals surface area contributed by atoms with Gasteiger partial charge in [-0.25, -0.2) is 0 Å². The SMILES string of the molecule is COCc1cccc(C(O)c2cc3cc(Cl)ccc3o2)c1. The van der Waals surface area contributed by atoms with E-state index in [9.17, 15) is 5.11 Å². The molecule has 0 saturated carbocycles. The molecule has 0 amide bonds. The Balaban J connectivity index is 1.95. The molecule has 4 heteroatoms. The second-order valence-electron chi connectivity index (χ2n) is 4.91. The minimum Gasteiger partial charge on any atom is -0.458 e. The number of aliphatic hydroxyl groups excluding tert-OH is 1. The second-order valence-corrected chi connectivity index (χ2v) is 5.35. The molecule has 0 radical (unpaired) electrons. The molecule has 108 valence electrons. The molecule has 3 aromatic rings. The number of hydrogen-bond donors (Lipinski definition) is 1. The lowest BCUT2D eigenvalue weighted by molar-refractivity contribution is 0.182. The third kappa shape index (κ3) is 2.95. The Morgan fingerprint density at radius 2 is 2.05 bits per heavy atom. The fraction of sp³-hybridized carbons (Fsp3) is 0.176. The van der Waals surface area contributed by atoms with Crippen molar-refractivity contribution in [1.82, 2.24) is 0 Å². The molecule has 1 aromatic heterocycles. The van der Waals surface area contributed by atoms with Crippen molar-refractivity contribution in [2.75, 3.05) is 7.11 Å². The van der Waals surface area contributed by atoms with Crippen LogP contribution in [0.2, 0.25) is 5.02 Å². The highest BCUT2D eigenvalue weighted by Crippen LogP contribution is 2.30. The van der Waals surface area contributed by atoms with Crippen LogP contribution in [0, 0.1) is 0 Å². The molecular weight excluding hydrogens is 288 g/mol. The van der Waals surface area contributed by atoms with Crippen molar-refractivity contribution in [3.05, 3.63) is 70.4 Å². The predicted molar refractivity (Wildman–Crippen MR) is 82.4 cm³/mol. The summed E-state index contributed by atoms with van der Waals surface area (Å²) in [6.07, 6.45) is -0.812. The maximum atomic E-state index is 10.5. The second kappa shape index (κ2) is 5.90. The summed E-state index contributed by atoms with van der Waals surface area (Å²) in [4.78, 5) is 0. The van der Waals surface area contributed by atoms with Gasteiger partial charge in [-0.3, -0.25) is 0 Å². The van der Waals surface area contributed by atoms with Crippen LogP contribution in [-0.4, -0.2) is 12.2 Å². The first-order valence-corrected chi connectivity index (χ1v) is 7.00.